The van der Waals surface area contributed by atoms with Crippen molar-refractivity contribution in [1.82, 2.24) is 9.13 Å². The van der Waals surface area contributed by atoms with Crippen molar-refractivity contribution in [3.05, 3.63) is 311 Å². The molecule has 0 radical (unpaired) electrons. The van der Waals surface area contributed by atoms with E-state index in [1.54, 1.807) is 12.1 Å². The molecule has 12 aromatic carbocycles. The molecule has 8 nitrogen and oxygen atoms in total. The Bertz CT molecular complexity index is 4960. The molecule has 0 aliphatic carbocycles. The van der Waals surface area contributed by atoms with Gasteiger partial charge in [0, 0.05) is 67.0 Å². The van der Waals surface area contributed by atoms with Crippen LogP contribution in [0.25, 0.3) is 77.2 Å². The summed E-state index contributed by atoms with van der Waals surface area (Å²) in [7, 11) is 0. The van der Waals surface area contributed by atoms with Crippen molar-refractivity contribution < 1.29 is 19.1 Å². The lowest BCUT2D eigenvalue weighted by Gasteiger charge is -2.26. The highest BCUT2D eigenvalue weighted by Crippen LogP contribution is 2.41. The number of esters is 2. The van der Waals surface area contributed by atoms with Gasteiger partial charge in [-0.1, -0.05) is 210 Å². The monoisotopic (exact) mass is 1400 g/mol. The summed E-state index contributed by atoms with van der Waals surface area (Å²) in [6.45, 7) is 17.4. The fourth-order valence-electron chi connectivity index (χ4n) is 14.9. The molecular formula is C98H100N4O4. The van der Waals surface area contributed by atoms with Crippen molar-refractivity contribution in [2.24, 2.45) is 0 Å². The van der Waals surface area contributed by atoms with E-state index >= 15 is 0 Å². The number of anilines is 6. The molecule has 0 unspecified atom stereocenters. The van der Waals surface area contributed by atoms with Crippen molar-refractivity contribution in [3.63, 3.8) is 0 Å². The number of fused-ring (bicyclic) bond motifs is 6. The minimum atomic E-state index is -0.343. The first kappa shape index (κ1) is 73.1. The fraction of sp³-hybridized carbons (Fsp3) is 0.245. The maximum Gasteiger partial charge on any atom is 0.338 e. The quantitative estimate of drug-likeness (QED) is 0.0360. The number of aryl methyl sites for hydroxylation is 6. The van der Waals surface area contributed by atoms with Crippen LogP contribution >= 0.6 is 0 Å². The predicted octanol–water partition coefficient (Wildman–Crippen LogP) is 27.2. The molecule has 14 rings (SSSR count). The second-order valence-electron chi connectivity index (χ2n) is 28.5. The lowest BCUT2D eigenvalue weighted by molar-refractivity contribution is 0.0517. The van der Waals surface area contributed by atoms with Crippen LogP contribution in [0.5, 0.6) is 0 Å². The molecule has 536 valence electrons. The van der Waals surface area contributed by atoms with E-state index in [1.807, 2.05) is 50.2 Å². The molecule has 0 saturated carbocycles. The van der Waals surface area contributed by atoms with Gasteiger partial charge in [0.1, 0.15) is 0 Å². The number of nitrogens with zero attached hydrogens (tertiary/aromatic N) is 4. The van der Waals surface area contributed by atoms with Gasteiger partial charge in [0.05, 0.1) is 46.4 Å². The molecule has 0 bridgehead atoms. The number of carbonyl (C=O) groups excluding carboxylic acids is 2. The first-order chi connectivity index (χ1) is 51.9. The summed E-state index contributed by atoms with van der Waals surface area (Å²) in [6.07, 6.45) is 18.3. The lowest BCUT2D eigenvalue weighted by Crippen LogP contribution is -2.12. The van der Waals surface area contributed by atoms with Crippen LogP contribution in [-0.4, -0.2) is 34.3 Å². The normalized spacial score (nSPS) is 11.3. The Morgan fingerprint density at radius 3 is 0.943 bits per heavy atom. The van der Waals surface area contributed by atoms with Crippen LogP contribution < -0.4 is 9.80 Å². The van der Waals surface area contributed by atoms with Gasteiger partial charge < -0.3 is 28.4 Å². The van der Waals surface area contributed by atoms with Gasteiger partial charge >= 0.3 is 11.9 Å². The van der Waals surface area contributed by atoms with E-state index in [9.17, 15) is 9.59 Å². The van der Waals surface area contributed by atoms with Crippen LogP contribution in [0.15, 0.2) is 267 Å². The number of ether oxygens (including phenoxy) is 2. The highest BCUT2D eigenvalue weighted by Gasteiger charge is 2.21. The fourth-order valence-corrected chi connectivity index (χ4v) is 14.9. The third kappa shape index (κ3) is 16.9. The molecule has 0 aliphatic heterocycles. The van der Waals surface area contributed by atoms with Gasteiger partial charge in [0.2, 0.25) is 0 Å². The minimum absolute atomic E-state index is 0.319. The summed E-state index contributed by atoms with van der Waals surface area (Å²) in [5.74, 6) is -0.686. The molecule has 0 saturated heterocycles. The van der Waals surface area contributed by atoms with E-state index in [4.69, 9.17) is 9.47 Å². The number of hydrogen-bond acceptors (Lipinski definition) is 6. The SMILES string of the molecule is CCCCCCCCc1ccc2c(c1)c1cc(C)ccc1n2-c1ccc(-c2ccc(-n3c4ccc(C)cc4c4cc(CCCCCCCC)ccc43)cc2)cc1.CCOC(=O)c1cccc(N(c2ccc(C)cc2)c2ccc(-c3ccc(N(c4ccc(C)cc4)c4cccc(C(=O)OCC)c4)cc3)cc2)c1. The Labute approximate surface area is 627 Å². The summed E-state index contributed by atoms with van der Waals surface area (Å²) in [5.41, 5.74) is 26.6. The zero-order valence-corrected chi connectivity index (χ0v) is 63.1. The topological polar surface area (TPSA) is 68.9 Å². The van der Waals surface area contributed by atoms with Gasteiger partial charge in [-0.05, 0) is 258 Å². The summed E-state index contributed by atoms with van der Waals surface area (Å²) in [5, 5.41) is 5.42. The molecular weight excluding hydrogens is 1300 g/mol. The Balaban J connectivity index is 0.000000189. The maximum atomic E-state index is 12.6. The third-order valence-electron chi connectivity index (χ3n) is 20.6. The lowest BCUT2D eigenvalue weighted by atomic mass is 10.0. The van der Waals surface area contributed by atoms with Crippen LogP contribution in [0.2, 0.25) is 0 Å². The van der Waals surface area contributed by atoms with E-state index in [0.717, 1.165) is 58.1 Å². The summed E-state index contributed by atoms with van der Waals surface area (Å²) < 4.78 is 15.5. The Morgan fingerprint density at radius 2 is 0.594 bits per heavy atom. The highest BCUT2D eigenvalue weighted by atomic mass is 16.5. The van der Waals surface area contributed by atoms with Crippen LogP contribution in [0, 0.1) is 27.7 Å². The summed E-state index contributed by atoms with van der Waals surface area (Å²) in [4.78, 5) is 29.4. The Morgan fingerprint density at radius 1 is 0.292 bits per heavy atom. The Hall–Kier alpha value is -11.2. The van der Waals surface area contributed by atoms with Gasteiger partial charge in [-0.15, -0.1) is 0 Å². The highest BCUT2D eigenvalue weighted by molar-refractivity contribution is 6.11. The van der Waals surface area contributed by atoms with Crippen molar-refractivity contribution in [3.8, 4) is 33.6 Å². The van der Waals surface area contributed by atoms with E-state index in [2.05, 4.69) is 279 Å². The number of unbranched alkanes of at least 4 members (excludes halogenated alkanes) is 10. The molecule has 0 amide bonds. The van der Waals surface area contributed by atoms with Crippen molar-refractivity contribution in [1.29, 1.82) is 0 Å². The van der Waals surface area contributed by atoms with Crippen LogP contribution in [0.1, 0.15) is 159 Å². The first-order valence-corrected chi connectivity index (χ1v) is 38.6. The first-order valence-electron chi connectivity index (χ1n) is 38.6. The van der Waals surface area contributed by atoms with Crippen LogP contribution in [0.4, 0.5) is 34.1 Å². The van der Waals surface area contributed by atoms with E-state index in [0.29, 0.717) is 24.3 Å². The van der Waals surface area contributed by atoms with Gasteiger partial charge in [-0.25, -0.2) is 9.59 Å². The van der Waals surface area contributed by atoms with Crippen molar-refractivity contribution in [2.45, 2.75) is 145 Å². The number of benzene rings is 12. The zero-order valence-electron chi connectivity index (χ0n) is 63.1. The van der Waals surface area contributed by atoms with Gasteiger partial charge in [0.15, 0.2) is 0 Å². The van der Waals surface area contributed by atoms with Crippen molar-refractivity contribution >= 4 is 89.7 Å². The largest absolute Gasteiger partial charge is 0.462 e. The number of carbonyl (C=O) groups is 2. The smallest absolute Gasteiger partial charge is 0.338 e. The number of hydrogen-bond donors (Lipinski definition) is 0. The van der Waals surface area contributed by atoms with E-state index < -0.39 is 0 Å². The van der Waals surface area contributed by atoms with E-state index in [1.165, 1.54) is 177 Å². The summed E-state index contributed by atoms with van der Waals surface area (Å²) >= 11 is 0. The second-order valence-corrected chi connectivity index (χ2v) is 28.5. The van der Waals surface area contributed by atoms with Crippen LogP contribution in [-0.2, 0) is 22.3 Å². The molecule has 14 aromatic rings. The second kappa shape index (κ2) is 34.6. The van der Waals surface area contributed by atoms with Crippen LogP contribution in [0.3, 0.4) is 0 Å². The third-order valence-corrected chi connectivity index (χ3v) is 20.6. The molecule has 0 atom stereocenters. The molecule has 0 aliphatic rings. The molecule has 106 heavy (non-hydrogen) atoms. The molecule has 0 spiro atoms. The number of rotatable bonds is 28. The average molecular weight is 1400 g/mol. The van der Waals surface area contributed by atoms with Gasteiger partial charge in [-0.3, -0.25) is 0 Å². The van der Waals surface area contributed by atoms with Gasteiger partial charge in [0.25, 0.3) is 0 Å². The van der Waals surface area contributed by atoms with Gasteiger partial charge in [-0.2, -0.15) is 0 Å². The molecule has 2 heterocycles. The minimum Gasteiger partial charge on any atom is -0.462 e. The predicted molar refractivity (Wildman–Crippen MR) is 447 cm³/mol. The van der Waals surface area contributed by atoms with Crippen molar-refractivity contribution in [2.75, 3.05) is 23.0 Å². The maximum absolute atomic E-state index is 12.6. The Kier molecular flexibility index (Phi) is 23.9. The summed E-state index contributed by atoms with van der Waals surface area (Å²) in [6, 6.07) is 95.1. The average Bonchev–Trinajstić information content (AvgIpc) is 1.59. The molecule has 0 fully saturated rings. The van der Waals surface area contributed by atoms with E-state index in [-0.39, 0.29) is 11.9 Å². The molecule has 0 N–H and O–H groups in total. The molecule has 2 aromatic heterocycles. The zero-order chi connectivity index (χ0) is 73.5. The molecule has 8 heteroatoms. The number of aromatic nitrogens is 2. The standard InChI is InChI=1S/C54H60N2.C44H40N2O4/c1-5-7-9-11-13-15-17-41-21-33-53-49(37-41)47-35-39(3)19-31-51(47)55(53)45-27-23-43(24-28-45)44-25-29-46(30-26-44)56-52-32-20-40(4)36-48(52)50-38-42(22-34-54(50)56)18-16-14-12-10-8-6-2;1-5-49-43(47)35-9-7-11-41(29-35)45(37-21-13-31(3)14-22-37)39-25-17-33(18-26-39)34-19-27-40(28-20-34)46(38-23-15-32(4)16-24-38)42-12-8-10-36(30-42)44(48)50-6-2/h19-38H,5-18H2,1-4H3;7-30H,5-6H2,1-4H3.